The minimum Gasteiger partial charge on any atom is -0.382 e. The molecule has 0 saturated heterocycles. The van der Waals surface area contributed by atoms with Crippen molar-refractivity contribution in [2.24, 2.45) is 0 Å². The molecule has 0 aliphatic heterocycles. The zero-order valence-corrected chi connectivity index (χ0v) is 16.3. The topological polar surface area (TPSA) is 72.8 Å². The molecule has 0 bridgehead atoms. The Hall–Kier alpha value is -2.06. The predicted molar refractivity (Wildman–Crippen MR) is 103 cm³/mol. The fraction of sp³-hybridized carbons (Fsp3) is 0.350. The molecule has 1 amide bonds. The van der Waals surface area contributed by atoms with Crippen LogP contribution in [0.1, 0.15) is 19.4 Å². The third-order valence-corrected chi connectivity index (χ3v) is 5.60. The summed E-state index contributed by atoms with van der Waals surface area (Å²) in [6, 6.07) is 17.4. The number of hydrogen-bond acceptors (Lipinski definition) is 4. The number of halogens is 3. The van der Waals surface area contributed by atoms with E-state index in [4.69, 9.17) is 17.0 Å². The molecule has 0 spiro atoms. The van der Waals surface area contributed by atoms with Gasteiger partial charge >= 0.3 is 0 Å². The second-order valence-electron chi connectivity index (χ2n) is 6.86. The zero-order valence-electron chi connectivity index (χ0n) is 15.6. The van der Waals surface area contributed by atoms with Crippen molar-refractivity contribution < 1.29 is 23.9 Å². The first-order chi connectivity index (χ1) is 13.1. The fourth-order valence-electron chi connectivity index (χ4n) is 2.85. The predicted octanol–water partition coefficient (Wildman–Crippen LogP) is 3.63. The first-order valence-electron chi connectivity index (χ1n) is 8.67. The highest BCUT2D eigenvalue weighted by Gasteiger charge is 2.58. The van der Waals surface area contributed by atoms with Gasteiger partial charge in [0.1, 0.15) is 5.54 Å². The standard InChI is InChI=1S/C20H23ClF2N2O3/c1-19(18(26)24-28,20(2,27)17(22)23)25(21)13-12-14-8-10-16(11-9-14)15-6-4-3-5-7-15/h3-11,17,27-28H,12-13H2,1-2H3,(H,24,26). The highest BCUT2D eigenvalue weighted by atomic mass is 35.5. The molecule has 3 N–H and O–H groups in total. The molecule has 2 unspecified atom stereocenters. The van der Waals surface area contributed by atoms with E-state index in [-0.39, 0.29) is 6.54 Å². The molecule has 0 radical (unpaired) electrons. The van der Waals surface area contributed by atoms with Gasteiger partial charge in [-0.1, -0.05) is 54.6 Å². The van der Waals surface area contributed by atoms with Crippen molar-refractivity contribution in [3.63, 3.8) is 0 Å². The molecule has 28 heavy (non-hydrogen) atoms. The highest BCUT2D eigenvalue weighted by molar-refractivity contribution is 6.16. The van der Waals surface area contributed by atoms with Gasteiger partial charge in [-0.2, -0.15) is 0 Å². The Labute approximate surface area is 167 Å². The smallest absolute Gasteiger partial charge is 0.268 e. The van der Waals surface area contributed by atoms with Crippen LogP contribution in [0, 0.1) is 0 Å². The maximum atomic E-state index is 13.3. The lowest BCUT2D eigenvalue weighted by Gasteiger charge is -2.44. The van der Waals surface area contributed by atoms with Gasteiger partial charge in [-0.3, -0.25) is 10.0 Å². The number of hydroxylamine groups is 1. The van der Waals surface area contributed by atoms with Crippen LogP contribution in [-0.2, 0) is 11.2 Å². The molecule has 0 saturated carbocycles. The van der Waals surface area contributed by atoms with Crippen molar-refractivity contribution in [3.05, 3.63) is 60.2 Å². The van der Waals surface area contributed by atoms with Crippen molar-refractivity contribution in [3.8, 4) is 11.1 Å². The number of benzene rings is 2. The minimum atomic E-state index is -3.26. The summed E-state index contributed by atoms with van der Waals surface area (Å²) >= 11 is 6.14. The van der Waals surface area contributed by atoms with E-state index >= 15 is 0 Å². The van der Waals surface area contributed by atoms with Crippen LogP contribution >= 0.6 is 11.8 Å². The highest BCUT2D eigenvalue weighted by Crippen LogP contribution is 2.35. The molecule has 8 heteroatoms. The van der Waals surface area contributed by atoms with E-state index in [9.17, 15) is 18.7 Å². The summed E-state index contributed by atoms with van der Waals surface area (Å²) < 4.78 is 27.5. The molecule has 0 aliphatic rings. The van der Waals surface area contributed by atoms with Gasteiger partial charge in [0.05, 0.1) is 0 Å². The average molecular weight is 413 g/mol. The number of amides is 1. The lowest BCUT2D eigenvalue weighted by molar-refractivity contribution is -0.178. The van der Waals surface area contributed by atoms with Crippen LogP contribution in [0.3, 0.4) is 0 Å². The Balaban J connectivity index is 2.14. The van der Waals surface area contributed by atoms with E-state index in [0.29, 0.717) is 6.42 Å². The Bertz CT molecular complexity index is 788. The number of nitrogens with zero attached hydrogens (tertiary/aromatic N) is 1. The quantitative estimate of drug-likeness (QED) is 0.351. The molecular formula is C20H23ClF2N2O3. The largest absolute Gasteiger partial charge is 0.382 e. The van der Waals surface area contributed by atoms with Gasteiger partial charge in [0, 0.05) is 6.54 Å². The Morgan fingerprint density at radius 2 is 1.64 bits per heavy atom. The van der Waals surface area contributed by atoms with Gasteiger partial charge in [-0.05, 0) is 48.7 Å². The van der Waals surface area contributed by atoms with E-state index < -0.39 is 23.5 Å². The van der Waals surface area contributed by atoms with E-state index in [2.05, 4.69) is 0 Å². The maximum absolute atomic E-state index is 13.3. The van der Waals surface area contributed by atoms with Crippen LogP contribution in [-0.4, -0.2) is 44.8 Å². The fourth-order valence-corrected chi connectivity index (χ4v) is 3.18. The number of hydrogen-bond donors (Lipinski definition) is 3. The second-order valence-corrected chi connectivity index (χ2v) is 7.27. The minimum absolute atomic E-state index is 0.0149. The van der Waals surface area contributed by atoms with Crippen molar-refractivity contribution in [2.45, 2.75) is 37.8 Å². The van der Waals surface area contributed by atoms with Crippen LogP contribution in [0.4, 0.5) is 8.78 Å². The lowest BCUT2D eigenvalue weighted by atomic mass is 9.81. The van der Waals surface area contributed by atoms with Crippen molar-refractivity contribution in [1.29, 1.82) is 0 Å². The van der Waals surface area contributed by atoms with E-state index in [1.807, 2.05) is 54.6 Å². The molecule has 0 aromatic heterocycles. The van der Waals surface area contributed by atoms with Crippen molar-refractivity contribution >= 4 is 17.7 Å². The molecule has 0 fully saturated rings. The Morgan fingerprint density at radius 1 is 1.11 bits per heavy atom. The first-order valence-corrected chi connectivity index (χ1v) is 9.01. The molecule has 2 aromatic carbocycles. The Morgan fingerprint density at radius 3 is 2.14 bits per heavy atom. The van der Waals surface area contributed by atoms with E-state index in [0.717, 1.165) is 35.0 Å². The molecule has 0 heterocycles. The summed E-state index contributed by atoms with van der Waals surface area (Å²) in [7, 11) is 0. The number of carbonyl (C=O) groups is 1. The average Bonchev–Trinajstić information content (AvgIpc) is 2.71. The Kier molecular flexibility index (Phi) is 7.11. The molecule has 5 nitrogen and oxygen atoms in total. The molecule has 2 rings (SSSR count). The summed E-state index contributed by atoms with van der Waals surface area (Å²) in [6.07, 6.45) is -2.92. The van der Waals surface area contributed by atoms with Crippen LogP contribution in [0.2, 0.25) is 0 Å². The van der Waals surface area contributed by atoms with Crippen LogP contribution in [0.5, 0.6) is 0 Å². The van der Waals surface area contributed by atoms with Gasteiger partial charge in [0.25, 0.3) is 12.3 Å². The number of aliphatic hydroxyl groups is 1. The second kappa shape index (κ2) is 8.96. The van der Waals surface area contributed by atoms with Gasteiger partial charge in [0.2, 0.25) is 0 Å². The molecule has 2 aromatic rings. The molecule has 2 atom stereocenters. The summed E-state index contributed by atoms with van der Waals surface area (Å²) in [5, 5.41) is 19.1. The normalized spacial score (nSPS) is 15.9. The van der Waals surface area contributed by atoms with Crippen LogP contribution in [0.25, 0.3) is 11.1 Å². The van der Waals surface area contributed by atoms with Crippen LogP contribution in [0.15, 0.2) is 54.6 Å². The molecule has 152 valence electrons. The van der Waals surface area contributed by atoms with Crippen molar-refractivity contribution in [1.82, 2.24) is 9.90 Å². The van der Waals surface area contributed by atoms with Gasteiger partial charge < -0.3 is 5.11 Å². The van der Waals surface area contributed by atoms with E-state index in [1.165, 1.54) is 5.48 Å². The lowest BCUT2D eigenvalue weighted by Crippen LogP contribution is -2.68. The van der Waals surface area contributed by atoms with Crippen LogP contribution < -0.4 is 5.48 Å². The van der Waals surface area contributed by atoms with E-state index in [1.54, 1.807) is 0 Å². The number of rotatable bonds is 8. The maximum Gasteiger partial charge on any atom is 0.268 e. The SMILES string of the molecule is CC(O)(C(F)F)C(C)(C(=O)NO)N(Cl)CCc1ccc(-c2ccccc2)cc1. The van der Waals surface area contributed by atoms with Gasteiger partial charge in [0.15, 0.2) is 5.60 Å². The van der Waals surface area contributed by atoms with Gasteiger partial charge in [-0.15, -0.1) is 0 Å². The number of nitrogens with one attached hydrogen (secondary N) is 1. The number of carbonyl (C=O) groups excluding carboxylic acids is 1. The number of alkyl halides is 2. The first kappa shape index (κ1) is 22.2. The van der Waals surface area contributed by atoms with Crippen molar-refractivity contribution in [2.75, 3.05) is 6.54 Å². The summed E-state index contributed by atoms with van der Waals surface area (Å²) in [6.45, 7) is 1.84. The monoisotopic (exact) mass is 412 g/mol. The van der Waals surface area contributed by atoms with Gasteiger partial charge in [-0.25, -0.2) is 18.7 Å². The summed E-state index contributed by atoms with van der Waals surface area (Å²) in [4.78, 5) is 12.1. The zero-order chi connectivity index (χ0) is 20.9. The molecular weight excluding hydrogens is 390 g/mol. The summed E-state index contributed by atoms with van der Waals surface area (Å²) in [5.74, 6) is -1.23. The third-order valence-electron chi connectivity index (χ3n) is 5.10. The summed E-state index contributed by atoms with van der Waals surface area (Å²) in [5.41, 5.74) is -0.785. The third kappa shape index (κ3) is 4.33. The molecule has 0 aliphatic carbocycles.